The van der Waals surface area contributed by atoms with Crippen molar-refractivity contribution in [2.45, 2.75) is 24.7 Å². The van der Waals surface area contributed by atoms with Gasteiger partial charge in [-0.05, 0) is 48.7 Å². The van der Waals surface area contributed by atoms with Crippen LogP contribution in [0.4, 0.5) is 0 Å². The highest BCUT2D eigenvalue weighted by Crippen LogP contribution is 2.49. The molecule has 1 fully saturated rings. The number of nitriles is 1. The van der Waals surface area contributed by atoms with Crippen LogP contribution in [0.15, 0.2) is 48.5 Å². The summed E-state index contributed by atoms with van der Waals surface area (Å²) in [6, 6.07) is 16.2. The van der Waals surface area contributed by atoms with Gasteiger partial charge in [-0.25, -0.2) is 0 Å². The lowest BCUT2D eigenvalue weighted by molar-refractivity contribution is 0.446. The van der Waals surface area contributed by atoms with Gasteiger partial charge in [-0.15, -0.1) is 0 Å². The third kappa shape index (κ3) is 3.28. The van der Waals surface area contributed by atoms with Crippen molar-refractivity contribution in [3.63, 3.8) is 0 Å². The summed E-state index contributed by atoms with van der Waals surface area (Å²) in [7, 11) is -3.80. The van der Waals surface area contributed by atoms with Crippen molar-refractivity contribution < 1.29 is 12.6 Å². The van der Waals surface area contributed by atoms with Crippen LogP contribution in [0.3, 0.4) is 0 Å². The summed E-state index contributed by atoms with van der Waals surface area (Å²) in [6.07, 6.45) is 2.04. The highest BCUT2D eigenvalue weighted by Gasteiger charge is 2.42. The topological polar surface area (TPSA) is 85.0 Å². The quantitative estimate of drug-likeness (QED) is 0.589. The highest BCUT2D eigenvalue weighted by molar-refractivity contribution is 7.87. The fourth-order valence-corrected chi connectivity index (χ4v) is 5.20. The molecule has 1 aliphatic heterocycles. The van der Waals surface area contributed by atoms with Crippen molar-refractivity contribution in [2.75, 3.05) is 5.75 Å². The molecule has 1 unspecified atom stereocenters. The first-order chi connectivity index (χ1) is 13.9. The smallest absolute Gasteiger partial charge is 0.311 e. The molecule has 0 amide bonds. The molecule has 8 heteroatoms. The lowest BCUT2D eigenvalue weighted by Gasteiger charge is -2.24. The zero-order valence-corrected chi connectivity index (χ0v) is 16.8. The summed E-state index contributed by atoms with van der Waals surface area (Å²) >= 11 is 6.14. The molecule has 2 heterocycles. The second-order valence-electron chi connectivity index (χ2n) is 7.36. The first-order valence-electron chi connectivity index (χ1n) is 9.26. The fraction of sp³-hybridized carbons (Fsp3) is 0.238. The predicted molar refractivity (Wildman–Crippen MR) is 108 cm³/mol. The van der Waals surface area contributed by atoms with Crippen molar-refractivity contribution in [3.05, 3.63) is 75.9 Å². The number of fused-ring (bicyclic) bond motifs is 1. The van der Waals surface area contributed by atoms with Gasteiger partial charge >= 0.3 is 10.1 Å². The molecule has 0 spiro atoms. The summed E-state index contributed by atoms with van der Waals surface area (Å²) in [5, 5.41) is 14.4. The molecule has 2 aromatic carbocycles. The third-order valence-electron chi connectivity index (χ3n) is 5.29. The Kier molecular flexibility index (Phi) is 4.16. The Hall–Kier alpha value is -2.82. The van der Waals surface area contributed by atoms with Gasteiger partial charge in [-0.2, -0.15) is 23.5 Å². The molecule has 1 saturated carbocycles. The van der Waals surface area contributed by atoms with Crippen molar-refractivity contribution >= 4 is 21.7 Å². The maximum atomic E-state index is 12.6. The third-order valence-corrected chi connectivity index (χ3v) is 6.68. The molecule has 146 valence electrons. The summed E-state index contributed by atoms with van der Waals surface area (Å²) in [5.74, 6) is -0.0309. The van der Waals surface area contributed by atoms with Crippen LogP contribution in [-0.2, 0) is 10.1 Å². The molecule has 3 aromatic rings. The van der Waals surface area contributed by atoms with E-state index in [1.54, 1.807) is 47.1 Å². The van der Waals surface area contributed by atoms with Gasteiger partial charge in [-0.1, -0.05) is 29.8 Å². The molecule has 2 aliphatic rings. The summed E-state index contributed by atoms with van der Waals surface area (Å²) in [4.78, 5) is 0. The van der Waals surface area contributed by atoms with Crippen LogP contribution in [-0.4, -0.2) is 24.0 Å². The monoisotopic (exact) mass is 425 g/mol. The van der Waals surface area contributed by atoms with Crippen LogP contribution in [0.25, 0.3) is 5.69 Å². The van der Waals surface area contributed by atoms with E-state index in [1.165, 1.54) is 0 Å². The van der Waals surface area contributed by atoms with E-state index in [0.29, 0.717) is 22.2 Å². The Bertz CT molecular complexity index is 1260. The number of rotatable bonds is 3. The maximum Gasteiger partial charge on any atom is 0.311 e. The van der Waals surface area contributed by atoms with Crippen molar-refractivity contribution in [3.8, 4) is 17.6 Å². The summed E-state index contributed by atoms with van der Waals surface area (Å²) in [5.41, 5.74) is 3.69. The largest absolute Gasteiger partial charge is 0.361 e. The minimum atomic E-state index is -3.80. The van der Waals surface area contributed by atoms with Gasteiger partial charge in [0, 0.05) is 22.4 Å². The molecule has 0 N–H and O–H groups in total. The van der Waals surface area contributed by atoms with Crippen LogP contribution < -0.4 is 4.18 Å². The first kappa shape index (κ1) is 18.2. The van der Waals surface area contributed by atoms with Crippen LogP contribution in [0.5, 0.6) is 5.88 Å². The number of hydrogen-bond donors (Lipinski definition) is 0. The number of nitrogens with zero attached hydrogens (tertiary/aromatic N) is 3. The van der Waals surface area contributed by atoms with Gasteiger partial charge in [0.05, 0.1) is 28.8 Å². The Balaban J connectivity index is 1.73. The zero-order chi connectivity index (χ0) is 20.2. The van der Waals surface area contributed by atoms with Crippen LogP contribution in [0, 0.1) is 11.3 Å². The van der Waals surface area contributed by atoms with E-state index >= 15 is 0 Å². The Morgan fingerprint density at radius 2 is 1.93 bits per heavy atom. The molecule has 6 nitrogen and oxygen atoms in total. The SMILES string of the molecule is N#Cc1ccc(C2CS(=O)(=O)Oc3c2c(C2CC2)nn3-c2cccc(Cl)c2)cc1. The molecule has 1 atom stereocenters. The lowest BCUT2D eigenvalue weighted by Crippen LogP contribution is -2.27. The molecule has 0 radical (unpaired) electrons. The minimum absolute atomic E-state index is 0.160. The molecule has 1 aromatic heterocycles. The first-order valence-corrected chi connectivity index (χ1v) is 11.2. The molecular formula is C21H16ClN3O3S. The molecule has 0 saturated heterocycles. The van der Waals surface area contributed by atoms with Gasteiger partial charge in [0.1, 0.15) is 0 Å². The van der Waals surface area contributed by atoms with E-state index in [4.69, 9.17) is 26.1 Å². The highest BCUT2D eigenvalue weighted by atomic mass is 35.5. The van der Waals surface area contributed by atoms with E-state index in [-0.39, 0.29) is 11.6 Å². The molecule has 29 heavy (non-hydrogen) atoms. The predicted octanol–water partition coefficient (Wildman–Crippen LogP) is 4.13. The van der Waals surface area contributed by atoms with Crippen LogP contribution in [0.2, 0.25) is 5.02 Å². The Labute approximate surface area is 173 Å². The van der Waals surface area contributed by atoms with Gasteiger partial charge in [0.15, 0.2) is 0 Å². The zero-order valence-electron chi connectivity index (χ0n) is 15.2. The Morgan fingerprint density at radius 3 is 2.59 bits per heavy atom. The summed E-state index contributed by atoms with van der Waals surface area (Å²) < 4.78 is 32.3. The standard InChI is InChI=1S/C21H16ClN3O3S/c22-16-2-1-3-17(10-16)25-21-19(20(24-25)15-8-9-15)18(12-29(26,27)28-21)14-6-4-13(11-23)5-7-14/h1-7,10,15,18H,8-9,12H2. The number of benzene rings is 2. The van der Waals surface area contributed by atoms with Gasteiger partial charge in [-0.3, -0.25) is 0 Å². The van der Waals surface area contributed by atoms with Crippen LogP contribution >= 0.6 is 11.6 Å². The molecule has 1 aliphatic carbocycles. The van der Waals surface area contributed by atoms with Crippen molar-refractivity contribution in [2.24, 2.45) is 0 Å². The summed E-state index contributed by atoms with van der Waals surface area (Å²) in [6.45, 7) is 0. The lowest BCUT2D eigenvalue weighted by atomic mass is 9.91. The fourth-order valence-electron chi connectivity index (χ4n) is 3.77. The number of hydrogen-bond acceptors (Lipinski definition) is 5. The average Bonchev–Trinajstić information content (AvgIpc) is 3.48. The molecule has 0 bridgehead atoms. The van der Waals surface area contributed by atoms with E-state index in [1.807, 2.05) is 6.07 Å². The normalized spacial score (nSPS) is 19.8. The molecule has 5 rings (SSSR count). The Morgan fingerprint density at radius 1 is 1.17 bits per heavy atom. The van der Waals surface area contributed by atoms with Gasteiger partial charge in [0.25, 0.3) is 0 Å². The van der Waals surface area contributed by atoms with Crippen molar-refractivity contribution in [1.82, 2.24) is 9.78 Å². The second kappa shape index (κ2) is 6.61. The number of aromatic nitrogens is 2. The van der Waals surface area contributed by atoms with Gasteiger partial charge in [0.2, 0.25) is 5.88 Å². The minimum Gasteiger partial charge on any atom is -0.361 e. The molecular weight excluding hydrogens is 410 g/mol. The average molecular weight is 426 g/mol. The number of halogens is 1. The maximum absolute atomic E-state index is 12.6. The van der Waals surface area contributed by atoms with E-state index in [0.717, 1.165) is 29.7 Å². The second-order valence-corrected chi connectivity index (χ2v) is 9.42. The van der Waals surface area contributed by atoms with E-state index in [2.05, 4.69) is 6.07 Å². The van der Waals surface area contributed by atoms with E-state index in [9.17, 15) is 8.42 Å². The van der Waals surface area contributed by atoms with E-state index < -0.39 is 16.0 Å². The van der Waals surface area contributed by atoms with Gasteiger partial charge < -0.3 is 4.18 Å². The van der Waals surface area contributed by atoms with Crippen LogP contribution in [0.1, 0.15) is 47.1 Å². The van der Waals surface area contributed by atoms with Crippen molar-refractivity contribution in [1.29, 1.82) is 5.26 Å².